The Morgan fingerprint density at radius 1 is 1.17 bits per heavy atom. The van der Waals surface area contributed by atoms with Crippen LogP contribution in [0.3, 0.4) is 0 Å². The van der Waals surface area contributed by atoms with Gasteiger partial charge in [-0.05, 0) is 18.6 Å². The minimum absolute atomic E-state index is 0.222. The van der Waals surface area contributed by atoms with Gasteiger partial charge in [-0.15, -0.1) is 0 Å². The second kappa shape index (κ2) is 6.46. The molecule has 24 heavy (non-hydrogen) atoms. The molecule has 0 aliphatic carbocycles. The molecule has 0 aliphatic heterocycles. The van der Waals surface area contributed by atoms with Gasteiger partial charge in [-0.1, -0.05) is 18.2 Å². The standard InChI is InChI=1S/C16H12F5NO2/c1-8(10-4-2-3-5-11(10)16(19,20)21)22-15(24)14-12(18)6-9(17)7-13(14)23/h2-8,23H,1H3,(H,22,24). The number of aromatic hydroxyl groups is 1. The summed E-state index contributed by atoms with van der Waals surface area (Å²) in [7, 11) is 0. The number of carbonyl (C=O) groups excluding carboxylic acids is 1. The van der Waals surface area contributed by atoms with Gasteiger partial charge < -0.3 is 10.4 Å². The lowest BCUT2D eigenvalue weighted by Gasteiger charge is -2.20. The normalized spacial score (nSPS) is 12.8. The van der Waals surface area contributed by atoms with E-state index in [1.54, 1.807) is 0 Å². The van der Waals surface area contributed by atoms with Crippen LogP contribution >= 0.6 is 0 Å². The first-order valence-corrected chi connectivity index (χ1v) is 6.76. The minimum Gasteiger partial charge on any atom is -0.507 e. The van der Waals surface area contributed by atoms with E-state index in [0.717, 1.165) is 6.07 Å². The third-order valence-electron chi connectivity index (χ3n) is 3.34. The summed E-state index contributed by atoms with van der Waals surface area (Å²) in [6, 6.07) is 4.40. The van der Waals surface area contributed by atoms with Crippen LogP contribution in [0.2, 0.25) is 0 Å². The van der Waals surface area contributed by atoms with Crippen molar-refractivity contribution in [1.29, 1.82) is 0 Å². The van der Waals surface area contributed by atoms with E-state index < -0.39 is 46.6 Å². The maximum Gasteiger partial charge on any atom is 0.416 e. The molecule has 0 fully saturated rings. The predicted octanol–water partition coefficient (Wildman–Crippen LogP) is 4.18. The van der Waals surface area contributed by atoms with Crippen molar-refractivity contribution in [3.05, 3.63) is 64.7 Å². The van der Waals surface area contributed by atoms with Gasteiger partial charge >= 0.3 is 6.18 Å². The van der Waals surface area contributed by atoms with Crippen LogP contribution in [-0.2, 0) is 6.18 Å². The molecule has 0 spiro atoms. The van der Waals surface area contributed by atoms with Gasteiger partial charge in [-0.3, -0.25) is 4.79 Å². The molecule has 0 saturated carbocycles. The van der Waals surface area contributed by atoms with E-state index >= 15 is 0 Å². The second-order valence-corrected chi connectivity index (χ2v) is 5.06. The van der Waals surface area contributed by atoms with Gasteiger partial charge in [0.2, 0.25) is 0 Å². The maximum absolute atomic E-state index is 13.6. The van der Waals surface area contributed by atoms with Crippen molar-refractivity contribution >= 4 is 5.91 Å². The molecule has 2 aromatic rings. The number of alkyl halides is 3. The van der Waals surface area contributed by atoms with Crippen LogP contribution in [0.4, 0.5) is 22.0 Å². The van der Waals surface area contributed by atoms with E-state index in [4.69, 9.17) is 0 Å². The fraction of sp³-hybridized carbons (Fsp3) is 0.188. The summed E-state index contributed by atoms with van der Waals surface area (Å²) >= 11 is 0. The van der Waals surface area contributed by atoms with E-state index in [1.165, 1.54) is 25.1 Å². The molecule has 0 aromatic heterocycles. The lowest BCUT2D eigenvalue weighted by molar-refractivity contribution is -0.138. The average molecular weight is 345 g/mol. The molecular formula is C16H12F5NO2. The van der Waals surface area contributed by atoms with Crippen molar-refractivity contribution in [2.75, 3.05) is 0 Å². The van der Waals surface area contributed by atoms with Gasteiger partial charge in [0.05, 0.1) is 11.6 Å². The van der Waals surface area contributed by atoms with Crippen molar-refractivity contribution in [2.24, 2.45) is 0 Å². The van der Waals surface area contributed by atoms with Gasteiger partial charge in [0.1, 0.15) is 22.9 Å². The number of halogens is 5. The molecule has 0 saturated heterocycles. The van der Waals surface area contributed by atoms with Crippen LogP contribution in [0.15, 0.2) is 36.4 Å². The number of carbonyl (C=O) groups is 1. The molecule has 3 nitrogen and oxygen atoms in total. The molecular weight excluding hydrogens is 333 g/mol. The first kappa shape index (κ1) is 17.7. The summed E-state index contributed by atoms with van der Waals surface area (Å²) < 4.78 is 65.5. The van der Waals surface area contributed by atoms with Crippen LogP contribution < -0.4 is 5.32 Å². The fourth-order valence-electron chi connectivity index (χ4n) is 2.26. The zero-order chi connectivity index (χ0) is 18.1. The van der Waals surface area contributed by atoms with E-state index in [0.29, 0.717) is 12.1 Å². The highest BCUT2D eigenvalue weighted by Gasteiger charge is 2.34. The van der Waals surface area contributed by atoms with Crippen LogP contribution in [0.1, 0.15) is 34.5 Å². The third-order valence-corrected chi connectivity index (χ3v) is 3.34. The first-order valence-electron chi connectivity index (χ1n) is 6.76. The van der Waals surface area contributed by atoms with Gasteiger partial charge in [-0.2, -0.15) is 13.2 Å². The van der Waals surface area contributed by atoms with E-state index in [2.05, 4.69) is 5.32 Å². The lowest BCUT2D eigenvalue weighted by atomic mass is 10.0. The highest BCUT2D eigenvalue weighted by molar-refractivity contribution is 5.97. The zero-order valence-corrected chi connectivity index (χ0v) is 12.3. The average Bonchev–Trinajstić information content (AvgIpc) is 2.45. The number of nitrogens with one attached hydrogen (secondary N) is 1. The Morgan fingerprint density at radius 3 is 2.38 bits per heavy atom. The maximum atomic E-state index is 13.6. The largest absolute Gasteiger partial charge is 0.507 e. The minimum atomic E-state index is -4.63. The Morgan fingerprint density at radius 2 is 1.79 bits per heavy atom. The van der Waals surface area contributed by atoms with Crippen LogP contribution in [-0.4, -0.2) is 11.0 Å². The van der Waals surface area contributed by atoms with Gasteiger partial charge in [0.25, 0.3) is 5.91 Å². The molecule has 8 heteroatoms. The summed E-state index contributed by atoms with van der Waals surface area (Å²) in [4.78, 5) is 12.0. The molecule has 0 radical (unpaired) electrons. The Labute approximate surface area is 133 Å². The Kier molecular flexibility index (Phi) is 4.77. The number of benzene rings is 2. The molecule has 128 valence electrons. The summed E-state index contributed by atoms with van der Waals surface area (Å²) in [5.41, 5.74) is -2.00. The van der Waals surface area contributed by atoms with Crippen molar-refractivity contribution in [2.45, 2.75) is 19.1 Å². The predicted molar refractivity (Wildman–Crippen MR) is 75.3 cm³/mol. The molecule has 0 bridgehead atoms. The molecule has 1 amide bonds. The van der Waals surface area contributed by atoms with Gasteiger partial charge in [0, 0.05) is 12.1 Å². The Bertz CT molecular complexity index is 750. The van der Waals surface area contributed by atoms with Crippen molar-refractivity contribution < 1.29 is 31.9 Å². The van der Waals surface area contributed by atoms with Crippen molar-refractivity contribution in [3.8, 4) is 5.75 Å². The van der Waals surface area contributed by atoms with Gasteiger partial charge in [-0.25, -0.2) is 8.78 Å². The van der Waals surface area contributed by atoms with Crippen LogP contribution in [0.25, 0.3) is 0 Å². The number of hydrogen-bond donors (Lipinski definition) is 2. The number of hydrogen-bond acceptors (Lipinski definition) is 2. The first-order chi connectivity index (χ1) is 11.1. The molecule has 0 heterocycles. The van der Waals surface area contributed by atoms with Crippen molar-refractivity contribution in [1.82, 2.24) is 5.32 Å². The highest BCUT2D eigenvalue weighted by Crippen LogP contribution is 2.34. The molecule has 1 unspecified atom stereocenters. The monoisotopic (exact) mass is 345 g/mol. The quantitative estimate of drug-likeness (QED) is 0.820. The molecule has 2 N–H and O–H groups in total. The molecule has 2 rings (SSSR count). The van der Waals surface area contributed by atoms with Crippen molar-refractivity contribution in [3.63, 3.8) is 0 Å². The summed E-state index contributed by atoms with van der Waals surface area (Å²) in [6.07, 6.45) is -4.63. The summed E-state index contributed by atoms with van der Waals surface area (Å²) in [5.74, 6) is -4.51. The zero-order valence-electron chi connectivity index (χ0n) is 12.3. The smallest absolute Gasteiger partial charge is 0.416 e. The number of phenols is 1. The van der Waals surface area contributed by atoms with Gasteiger partial charge in [0.15, 0.2) is 0 Å². The highest BCUT2D eigenvalue weighted by atomic mass is 19.4. The Hall–Kier alpha value is -2.64. The molecule has 0 aliphatic rings. The molecule has 1 atom stereocenters. The molecule has 2 aromatic carbocycles. The SMILES string of the molecule is CC(NC(=O)c1c(O)cc(F)cc1F)c1ccccc1C(F)(F)F. The van der Waals surface area contributed by atoms with Crippen LogP contribution in [0, 0.1) is 11.6 Å². The Balaban J connectivity index is 2.31. The second-order valence-electron chi connectivity index (χ2n) is 5.06. The van der Waals surface area contributed by atoms with Crippen LogP contribution in [0.5, 0.6) is 5.75 Å². The lowest BCUT2D eigenvalue weighted by Crippen LogP contribution is -2.29. The van der Waals surface area contributed by atoms with E-state index in [1.807, 2.05) is 0 Å². The van der Waals surface area contributed by atoms with E-state index in [-0.39, 0.29) is 5.56 Å². The topological polar surface area (TPSA) is 49.3 Å². The number of rotatable bonds is 3. The summed E-state index contributed by atoms with van der Waals surface area (Å²) in [6.45, 7) is 1.28. The fourth-order valence-corrected chi connectivity index (χ4v) is 2.26. The number of phenolic OH excluding ortho intramolecular Hbond substituents is 1. The summed E-state index contributed by atoms with van der Waals surface area (Å²) in [5, 5.41) is 11.7. The number of amides is 1. The third kappa shape index (κ3) is 3.64. The van der Waals surface area contributed by atoms with E-state index in [9.17, 15) is 31.9 Å².